The van der Waals surface area contributed by atoms with Gasteiger partial charge in [-0.1, -0.05) is 261 Å². The molecule has 0 saturated carbocycles. The third-order valence-electron chi connectivity index (χ3n) is 12.3. The first kappa shape index (κ1) is 63.8. The Hall–Kier alpha value is -3.15. The summed E-state index contributed by atoms with van der Waals surface area (Å²) in [5.41, 5.74) is 0. The summed E-state index contributed by atoms with van der Waals surface area (Å²) < 4.78 is 16.8. The minimum Gasteiger partial charge on any atom is -0.462 e. The van der Waals surface area contributed by atoms with Gasteiger partial charge >= 0.3 is 17.9 Å². The third kappa shape index (κ3) is 53.7. The van der Waals surface area contributed by atoms with Crippen LogP contribution in [-0.2, 0) is 28.6 Å². The number of rotatable bonds is 51. The minimum atomic E-state index is -0.792. The lowest BCUT2D eigenvalue weighted by atomic mass is 10.0. The molecule has 0 aromatic carbocycles. The molecule has 0 N–H and O–H groups in total. The van der Waals surface area contributed by atoms with Crippen LogP contribution < -0.4 is 0 Å². The lowest BCUT2D eigenvalue weighted by Crippen LogP contribution is -2.30. The fourth-order valence-corrected chi connectivity index (χ4v) is 8.02. The maximum absolute atomic E-state index is 12.8. The molecule has 0 aromatic heterocycles. The van der Waals surface area contributed by atoms with Crippen LogP contribution in [0.5, 0.6) is 0 Å². The Morgan fingerprint density at radius 3 is 1.06 bits per heavy atom. The molecule has 0 aromatic rings. The summed E-state index contributed by atoms with van der Waals surface area (Å²) in [6.07, 6.45) is 70.3. The largest absolute Gasteiger partial charge is 0.462 e. The summed E-state index contributed by atoms with van der Waals surface area (Å²) in [5.74, 6) is -0.918. The van der Waals surface area contributed by atoms with Crippen molar-refractivity contribution in [3.63, 3.8) is 0 Å². The van der Waals surface area contributed by atoms with Crippen molar-refractivity contribution in [1.29, 1.82) is 0 Å². The first-order valence-corrected chi connectivity index (χ1v) is 28.5. The SMILES string of the molecule is CC/C=C\C/C=C\CCCCCCCC(=O)OCC(COC(=O)CCCCCCCCCCCCCCCCCCCCC)OC(=O)CCCCCCC\C=C/C=C\C=C/C=C\CCCCC. The predicted molar refractivity (Wildman–Crippen MR) is 288 cm³/mol. The fraction of sp³-hybridized carbons (Fsp3) is 0.754. The lowest BCUT2D eigenvalue weighted by molar-refractivity contribution is -0.167. The van der Waals surface area contributed by atoms with Crippen LogP contribution in [0.15, 0.2) is 72.9 Å². The van der Waals surface area contributed by atoms with E-state index in [-0.39, 0.29) is 31.1 Å². The highest BCUT2D eigenvalue weighted by Crippen LogP contribution is 2.16. The molecule has 0 spiro atoms. The second-order valence-corrected chi connectivity index (χ2v) is 18.9. The highest BCUT2D eigenvalue weighted by Gasteiger charge is 2.19. The molecule has 0 amide bonds. The van der Waals surface area contributed by atoms with Gasteiger partial charge in [0, 0.05) is 19.3 Å². The van der Waals surface area contributed by atoms with Gasteiger partial charge in [-0.25, -0.2) is 0 Å². The summed E-state index contributed by atoms with van der Waals surface area (Å²) in [4.78, 5) is 38.1. The molecule has 0 fully saturated rings. The molecule has 67 heavy (non-hydrogen) atoms. The zero-order valence-corrected chi connectivity index (χ0v) is 44.2. The molecule has 0 rings (SSSR count). The molecule has 0 heterocycles. The smallest absolute Gasteiger partial charge is 0.306 e. The Labute approximate surface area is 414 Å². The van der Waals surface area contributed by atoms with E-state index < -0.39 is 6.10 Å². The summed E-state index contributed by atoms with van der Waals surface area (Å²) in [7, 11) is 0. The number of carbonyl (C=O) groups is 3. The van der Waals surface area contributed by atoms with Crippen LogP contribution in [0.4, 0.5) is 0 Å². The number of unbranched alkanes of at least 4 members (excludes halogenated alkanes) is 31. The van der Waals surface area contributed by atoms with Gasteiger partial charge in [0.05, 0.1) is 0 Å². The fourth-order valence-electron chi connectivity index (χ4n) is 8.02. The maximum atomic E-state index is 12.8. The van der Waals surface area contributed by atoms with E-state index in [1.807, 2.05) is 0 Å². The van der Waals surface area contributed by atoms with Gasteiger partial charge in [-0.2, -0.15) is 0 Å². The van der Waals surface area contributed by atoms with E-state index in [4.69, 9.17) is 14.2 Å². The van der Waals surface area contributed by atoms with Crippen molar-refractivity contribution in [3.8, 4) is 0 Å². The number of ether oxygens (including phenoxy) is 3. The van der Waals surface area contributed by atoms with Gasteiger partial charge in [0.25, 0.3) is 0 Å². The Morgan fingerprint density at radius 1 is 0.328 bits per heavy atom. The number of esters is 3. The Bertz CT molecular complexity index is 1260. The van der Waals surface area contributed by atoms with E-state index in [9.17, 15) is 14.4 Å². The van der Waals surface area contributed by atoms with Crippen LogP contribution in [0, 0.1) is 0 Å². The maximum Gasteiger partial charge on any atom is 0.306 e. The first-order valence-electron chi connectivity index (χ1n) is 28.5. The highest BCUT2D eigenvalue weighted by atomic mass is 16.6. The monoisotopic (exact) mass is 935 g/mol. The second kappa shape index (κ2) is 55.4. The van der Waals surface area contributed by atoms with Gasteiger partial charge in [-0.3, -0.25) is 14.4 Å². The van der Waals surface area contributed by atoms with Crippen molar-refractivity contribution >= 4 is 17.9 Å². The number of allylic oxidation sites excluding steroid dienone is 12. The van der Waals surface area contributed by atoms with Gasteiger partial charge in [-0.15, -0.1) is 0 Å². The van der Waals surface area contributed by atoms with E-state index in [1.54, 1.807) is 0 Å². The molecule has 386 valence electrons. The van der Waals surface area contributed by atoms with Crippen LogP contribution in [0.1, 0.15) is 278 Å². The van der Waals surface area contributed by atoms with Crippen molar-refractivity contribution in [2.24, 2.45) is 0 Å². The molecule has 0 aliphatic carbocycles. The van der Waals surface area contributed by atoms with Crippen molar-refractivity contribution < 1.29 is 28.6 Å². The molecular weight excluding hydrogens is 829 g/mol. The van der Waals surface area contributed by atoms with E-state index in [2.05, 4.69) is 93.7 Å². The number of carbonyl (C=O) groups excluding carboxylic acids is 3. The van der Waals surface area contributed by atoms with Gasteiger partial charge in [0.2, 0.25) is 0 Å². The molecule has 0 aliphatic rings. The molecule has 0 saturated heterocycles. The van der Waals surface area contributed by atoms with Crippen molar-refractivity contribution in [1.82, 2.24) is 0 Å². The highest BCUT2D eigenvalue weighted by molar-refractivity contribution is 5.71. The summed E-state index contributed by atoms with van der Waals surface area (Å²) in [6.45, 7) is 6.48. The summed E-state index contributed by atoms with van der Waals surface area (Å²) in [5, 5.41) is 0. The second-order valence-electron chi connectivity index (χ2n) is 18.9. The van der Waals surface area contributed by atoms with Crippen LogP contribution in [0.3, 0.4) is 0 Å². The topological polar surface area (TPSA) is 78.9 Å². The Morgan fingerprint density at radius 2 is 0.642 bits per heavy atom. The molecule has 0 bridgehead atoms. The lowest BCUT2D eigenvalue weighted by Gasteiger charge is -2.18. The van der Waals surface area contributed by atoms with E-state index >= 15 is 0 Å². The van der Waals surface area contributed by atoms with Crippen molar-refractivity contribution in [2.45, 2.75) is 284 Å². The number of hydrogen-bond acceptors (Lipinski definition) is 6. The summed E-state index contributed by atoms with van der Waals surface area (Å²) in [6, 6.07) is 0. The molecule has 6 heteroatoms. The average Bonchev–Trinajstić information content (AvgIpc) is 3.33. The van der Waals surface area contributed by atoms with Crippen LogP contribution in [0.25, 0.3) is 0 Å². The molecule has 0 aliphatic heterocycles. The molecule has 1 atom stereocenters. The van der Waals surface area contributed by atoms with E-state index in [1.165, 1.54) is 122 Å². The predicted octanol–water partition coefficient (Wildman–Crippen LogP) is 19.0. The van der Waals surface area contributed by atoms with Crippen molar-refractivity contribution in [2.75, 3.05) is 13.2 Å². The van der Waals surface area contributed by atoms with Crippen LogP contribution in [0.2, 0.25) is 0 Å². The standard InChI is InChI=1S/C61H106O6/c1-4-7-10-13-16-19-22-25-27-29-31-33-34-36-39-42-45-48-51-54-60(63)66-57-58(56-65-59(62)53-50-47-44-41-38-24-21-18-15-12-9-6-3)67-61(64)55-52-49-46-43-40-37-35-32-30-28-26-23-20-17-14-11-8-5-2/h9,12,17-18,20-21,23,26,28,30,32,35,58H,4-8,10-11,13-16,19,22,24-25,27,29,31,33-34,36-57H2,1-3H3/b12-9-,20-17-,21-18-,26-23-,30-28-,35-32-. The summed E-state index contributed by atoms with van der Waals surface area (Å²) >= 11 is 0. The molecule has 1 unspecified atom stereocenters. The Kier molecular flexibility index (Phi) is 52.8. The third-order valence-corrected chi connectivity index (χ3v) is 12.3. The number of hydrogen-bond donors (Lipinski definition) is 0. The minimum absolute atomic E-state index is 0.0878. The van der Waals surface area contributed by atoms with Gasteiger partial charge < -0.3 is 14.2 Å². The zero-order chi connectivity index (χ0) is 48.6. The molecule has 6 nitrogen and oxygen atoms in total. The van der Waals surface area contributed by atoms with Crippen molar-refractivity contribution in [3.05, 3.63) is 72.9 Å². The quantitative estimate of drug-likeness (QED) is 0.0199. The molecule has 0 radical (unpaired) electrons. The van der Waals surface area contributed by atoms with Gasteiger partial charge in [-0.05, 0) is 70.6 Å². The molecular formula is C61H106O6. The van der Waals surface area contributed by atoms with Crippen LogP contribution >= 0.6 is 0 Å². The van der Waals surface area contributed by atoms with Gasteiger partial charge in [0.1, 0.15) is 13.2 Å². The van der Waals surface area contributed by atoms with Gasteiger partial charge in [0.15, 0.2) is 6.10 Å². The average molecular weight is 936 g/mol. The Balaban J connectivity index is 4.39. The zero-order valence-electron chi connectivity index (χ0n) is 44.2. The first-order chi connectivity index (χ1) is 33.0. The van der Waals surface area contributed by atoms with E-state index in [0.717, 1.165) is 116 Å². The van der Waals surface area contributed by atoms with Crippen LogP contribution in [-0.4, -0.2) is 37.2 Å². The van der Waals surface area contributed by atoms with E-state index in [0.29, 0.717) is 19.3 Å². The normalized spacial score (nSPS) is 12.6.